The number of carbonyl (C=O) groups excluding carboxylic acids is 1. The molecule has 174 valence electrons. The first kappa shape index (κ1) is 24.3. The third-order valence-electron chi connectivity index (χ3n) is 5.61. The van der Waals surface area contributed by atoms with E-state index < -0.39 is 32.7 Å². The molecule has 32 heavy (non-hydrogen) atoms. The zero-order valence-electron chi connectivity index (χ0n) is 18.2. The van der Waals surface area contributed by atoms with Crippen molar-refractivity contribution in [3.05, 3.63) is 65.7 Å². The summed E-state index contributed by atoms with van der Waals surface area (Å²) in [6.07, 6.45) is 1.44. The van der Waals surface area contributed by atoms with Gasteiger partial charge >= 0.3 is 0 Å². The second-order valence-corrected chi connectivity index (χ2v) is 10.1. The van der Waals surface area contributed by atoms with Gasteiger partial charge in [-0.15, -0.1) is 0 Å². The van der Waals surface area contributed by atoms with Crippen LogP contribution in [-0.2, 0) is 21.4 Å². The topological polar surface area (TPSA) is 78.5 Å². The van der Waals surface area contributed by atoms with Crippen molar-refractivity contribution >= 4 is 15.9 Å². The quantitative estimate of drug-likeness (QED) is 0.628. The predicted molar refractivity (Wildman–Crippen MR) is 118 cm³/mol. The van der Waals surface area contributed by atoms with Crippen LogP contribution in [0.1, 0.15) is 32.3 Å². The predicted octanol–water partition coefficient (Wildman–Crippen LogP) is 3.05. The summed E-state index contributed by atoms with van der Waals surface area (Å²) in [6.45, 7) is 5.70. The van der Waals surface area contributed by atoms with Crippen LogP contribution in [-0.4, -0.2) is 44.4 Å². The van der Waals surface area contributed by atoms with E-state index in [1.54, 1.807) is 26.0 Å². The lowest BCUT2D eigenvalue weighted by molar-refractivity contribution is -0.124. The van der Waals surface area contributed by atoms with Gasteiger partial charge in [0.05, 0.1) is 0 Å². The van der Waals surface area contributed by atoms with Gasteiger partial charge in [0.25, 0.3) is 0 Å². The lowest BCUT2D eigenvalue weighted by Crippen LogP contribution is -2.53. The second-order valence-electron chi connectivity index (χ2n) is 8.46. The third-order valence-corrected chi connectivity index (χ3v) is 7.09. The maximum Gasteiger partial charge on any atom is 0.244 e. The van der Waals surface area contributed by atoms with Gasteiger partial charge in [0.15, 0.2) is 0 Å². The zero-order chi connectivity index (χ0) is 23.3. The Hall–Kier alpha value is -2.36. The van der Waals surface area contributed by atoms with Gasteiger partial charge < -0.3 is 5.32 Å². The lowest BCUT2D eigenvalue weighted by atomic mass is 10.0. The molecule has 0 aliphatic carbocycles. The Morgan fingerprint density at radius 1 is 1.06 bits per heavy atom. The first-order valence-electron chi connectivity index (χ1n) is 10.7. The number of rotatable bonds is 8. The first-order chi connectivity index (χ1) is 15.2. The number of amides is 1. The van der Waals surface area contributed by atoms with Gasteiger partial charge in [-0.3, -0.25) is 9.69 Å². The number of carbonyl (C=O) groups is 1. The smallest absolute Gasteiger partial charge is 0.244 e. The fraction of sp³-hybridized carbons (Fsp3) is 0.435. The average molecular weight is 466 g/mol. The number of likely N-dealkylation sites (tertiary alicyclic amines) is 1. The van der Waals surface area contributed by atoms with E-state index >= 15 is 0 Å². The van der Waals surface area contributed by atoms with Gasteiger partial charge in [0.1, 0.15) is 22.6 Å². The van der Waals surface area contributed by atoms with Crippen LogP contribution in [0.4, 0.5) is 8.78 Å². The molecule has 0 spiro atoms. The molecule has 2 aromatic rings. The third kappa shape index (κ3) is 6.34. The lowest BCUT2D eigenvalue weighted by Gasteiger charge is -2.33. The number of hydrogen-bond acceptors (Lipinski definition) is 4. The summed E-state index contributed by atoms with van der Waals surface area (Å²) >= 11 is 0. The molecule has 1 atom stereocenters. The van der Waals surface area contributed by atoms with Gasteiger partial charge in [-0.2, -0.15) is 4.72 Å². The molecular formula is C23H29F2N3O3S. The maximum atomic E-state index is 14.0. The molecule has 1 heterocycles. The van der Waals surface area contributed by atoms with Crippen LogP contribution >= 0.6 is 0 Å². The summed E-state index contributed by atoms with van der Waals surface area (Å²) in [4.78, 5) is 14.6. The minimum atomic E-state index is -4.19. The van der Waals surface area contributed by atoms with Crippen molar-refractivity contribution in [2.24, 2.45) is 5.92 Å². The molecule has 0 bridgehead atoms. The molecule has 1 fully saturated rings. The molecule has 6 nitrogen and oxygen atoms in total. The summed E-state index contributed by atoms with van der Waals surface area (Å²) in [5.74, 6) is -1.87. The average Bonchev–Trinajstić information content (AvgIpc) is 2.75. The number of hydrogen-bond donors (Lipinski definition) is 2. The van der Waals surface area contributed by atoms with Gasteiger partial charge in [-0.05, 0) is 48.6 Å². The fourth-order valence-electron chi connectivity index (χ4n) is 3.76. The molecular weight excluding hydrogens is 436 g/mol. The van der Waals surface area contributed by atoms with Gasteiger partial charge in [-0.25, -0.2) is 17.2 Å². The molecule has 1 amide bonds. The minimum Gasteiger partial charge on any atom is -0.352 e. The van der Waals surface area contributed by atoms with Crippen molar-refractivity contribution in [3.63, 3.8) is 0 Å². The van der Waals surface area contributed by atoms with Gasteiger partial charge in [0, 0.05) is 25.7 Å². The van der Waals surface area contributed by atoms with E-state index in [0.717, 1.165) is 37.6 Å². The van der Waals surface area contributed by atoms with Crippen molar-refractivity contribution < 1.29 is 22.0 Å². The highest BCUT2D eigenvalue weighted by Gasteiger charge is 2.31. The molecule has 1 saturated heterocycles. The van der Waals surface area contributed by atoms with Crippen molar-refractivity contribution in [2.45, 2.75) is 50.2 Å². The summed E-state index contributed by atoms with van der Waals surface area (Å²) in [5.41, 5.74) is 1.02. The number of piperidine rings is 1. The number of nitrogens with one attached hydrogen (secondary N) is 2. The van der Waals surface area contributed by atoms with Crippen LogP contribution < -0.4 is 10.0 Å². The Balaban J connectivity index is 1.56. The van der Waals surface area contributed by atoms with Crippen LogP contribution in [0.3, 0.4) is 0 Å². The Bertz CT molecular complexity index is 1020. The van der Waals surface area contributed by atoms with Gasteiger partial charge in [-0.1, -0.05) is 38.1 Å². The highest BCUT2D eigenvalue weighted by Crippen LogP contribution is 2.17. The molecule has 0 unspecified atom stereocenters. The molecule has 9 heteroatoms. The summed E-state index contributed by atoms with van der Waals surface area (Å²) < 4.78 is 54.7. The normalized spacial score (nSPS) is 16.8. The summed E-state index contributed by atoms with van der Waals surface area (Å²) in [5, 5.41) is 2.94. The van der Waals surface area contributed by atoms with E-state index in [1.165, 1.54) is 30.3 Å². The number of sulfonamides is 1. The highest BCUT2D eigenvalue weighted by atomic mass is 32.2. The molecule has 0 aromatic heterocycles. The van der Waals surface area contributed by atoms with Crippen molar-refractivity contribution in [1.29, 1.82) is 0 Å². The van der Waals surface area contributed by atoms with Crippen LogP contribution in [0.5, 0.6) is 0 Å². The van der Waals surface area contributed by atoms with Crippen LogP contribution in [0, 0.1) is 17.6 Å². The van der Waals surface area contributed by atoms with Crippen molar-refractivity contribution in [3.8, 4) is 0 Å². The Kier molecular flexibility index (Phi) is 7.97. The molecule has 3 rings (SSSR count). The Morgan fingerprint density at radius 2 is 1.69 bits per heavy atom. The number of nitrogens with zero attached hydrogens (tertiary/aromatic N) is 1. The first-order valence-corrected chi connectivity index (χ1v) is 12.2. The number of benzene rings is 2. The monoisotopic (exact) mass is 465 g/mol. The molecule has 2 N–H and O–H groups in total. The summed E-state index contributed by atoms with van der Waals surface area (Å²) in [6, 6.07) is 10.4. The van der Waals surface area contributed by atoms with E-state index in [0.29, 0.717) is 6.54 Å². The maximum absolute atomic E-state index is 14.0. The van der Waals surface area contributed by atoms with Gasteiger partial charge in [0.2, 0.25) is 15.9 Å². The molecule has 0 saturated carbocycles. The second kappa shape index (κ2) is 10.5. The van der Waals surface area contributed by atoms with Crippen LogP contribution in [0.25, 0.3) is 0 Å². The fourth-order valence-corrected chi connectivity index (χ4v) is 5.18. The Morgan fingerprint density at radius 3 is 2.28 bits per heavy atom. The standard InChI is InChI=1S/C23H29F2N3O3S/c1-16(2)22(27-32(30,31)21-6-4-3-5-20(21)25)23(29)26-19-11-13-28(14-12-19)15-17-7-9-18(24)10-8-17/h3-10,16,19,22,27H,11-15H2,1-2H3,(H,26,29)/t22-/m0/s1. The molecule has 1 aliphatic rings. The molecule has 0 radical (unpaired) electrons. The summed E-state index contributed by atoms with van der Waals surface area (Å²) in [7, 11) is -4.19. The number of halogens is 2. The van der Waals surface area contributed by atoms with E-state index in [1.807, 2.05) is 0 Å². The SMILES string of the molecule is CC(C)[C@H](NS(=O)(=O)c1ccccc1F)C(=O)NC1CCN(Cc2ccc(F)cc2)CC1. The van der Waals surface area contributed by atoms with E-state index in [4.69, 9.17) is 0 Å². The zero-order valence-corrected chi connectivity index (χ0v) is 19.0. The van der Waals surface area contributed by atoms with Crippen LogP contribution in [0.2, 0.25) is 0 Å². The minimum absolute atomic E-state index is 0.0776. The highest BCUT2D eigenvalue weighted by molar-refractivity contribution is 7.89. The largest absolute Gasteiger partial charge is 0.352 e. The molecule has 1 aliphatic heterocycles. The van der Waals surface area contributed by atoms with Crippen LogP contribution in [0.15, 0.2) is 53.4 Å². The molecule has 2 aromatic carbocycles. The van der Waals surface area contributed by atoms with E-state index in [2.05, 4.69) is 14.9 Å². The van der Waals surface area contributed by atoms with E-state index in [9.17, 15) is 22.0 Å². The van der Waals surface area contributed by atoms with Crippen molar-refractivity contribution in [2.75, 3.05) is 13.1 Å². The Labute approximate surface area is 188 Å². The van der Waals surface area contributed by atoms with Crippen molar-refractivity contribution in [1.82, 2.24) is 14.9 Å². The van der Waals surface area contributed by atoms with E-state index in [-0.39, 0.29) is 17.8 Å².